The summed E-state index contributed by atoms with van der Waals surface area (Å²) < 4.78 is 69.8. The van der Waals surface area contributed by atoms with Gasteiger partial charge < -0.3 is 9.47 Å². The Balaban J connectivity index is 1.34. The van der Waals surface area contributed by atoms with Crippen molar-refractivity contribution in [2.75, 3.05) is 13.1 Å². The summed E-state index contributed by atoms with van der Waals surface area (Å²) in [6.45, 7) is 0.812. The summed E-state index contributed by atoms with van der Waals surface area (Å²) in [4.78, 5) is 27.1. The Morgan fingerprint density at radius 3 is 2.49 bits per heavy atom. The Labute approximate surface area is 220 Å². The molecule has 0 unspecified atom stereocenters. The molecule has 3 aromatic rings. The fraction of sp³-hybridized carbons (Fsp3) is 0.500. The molecule has 1 N–H and O–H groups in total. The largest absolute Gasteiger partial charge is 0.396 e. The average molecular weight is 551 g/mol. The lowest BCUT2D eigenvalue weighted by Crippen LogP contribution is -2.39. The first-order valence-electron chi connectivity index (χ1n) is 12.8. The Bertz CT molecular complexity index is 1400. The van der Waals surface area contributed by atoms with Gasteiger partial charge >= 0.3 is 6.18 Å². The molecule has 2 aliphatic rings. The van der Waals surface area contributed by atoms with E-state index in [4.69, 9.17) is 0 Å². The van der Waals surface area contributed by atoms with Gasteiger partial charge in [-0.2, -0.15) is 18.3 Å². The summed E-state index contributed by atoms with van der Waals surface area (Å²) in [5.41, 5.74) is 0.452. The predicted molar refractivity (Wildman–Crippen MR) is 129 cm³/mol. The zero-order valence-corrected chi connectivity index (χ0v) is 20.9. The molecule has 2 aliphatic heterocycles. The Kier molecular flexibility index (Phi) is 7.50. The summed E-state index contributed by atoms with van der Waals surface area (Å²) in [6, 6.07) is 5.47. The minimum Gasteiger partial charge on any atom is -0.343 e. The van der Waals surface area contributed by atoms with E-state index in [2.05, 4.69) is 20.4 Å². The number of hydrogen-bond acceptors (Lipinski definition) is 5. The quantitative estimate of drug-likeness (QED) is 0.481. The van der Waals surface area contributed by atoms with E-state index in [0.29, 0.717) is 44.3 Å². The second-order valence-corrected chi connectivity index (χ2v) is 10.2. The molecular formula is C26H27F5N6O2. The van der Waals surface area contributed by atoms with Crippen LogP contribution in [0.3, 0.4) is 0 Å². The molecule has 0 bridgehead atoms. The van der Waals surface area contributed by atoms with Gasteiger partial charge in [-0.15, -0.1) is 10.2 Å². The molecule has 0 spiro atoms. The van der Waals surface area contributed by atoms with Gasteiger partial charge in [0.15, 0.2) is 11.6 Å². The number of hydrogen-bond donors (Lipinski definition) is 1. The minimum atomic E-state index is -4.54. The van der Waals surface area contributed by atoms with Crippen LogP contribution in [0.4, 0.5) is 22.0 Å². The maximum atomic E-state index is 14.6. The number of H-pyrrole nitrogens is 1. The van der Waals surface area contributed by atoms with Crippen LogP contribution < -0.4 is 5.56 Å². The average Bonchev–Trinajstić information content (AvgIpc) is 3.18. The van der Waals surface area contributed by atoms with Crippen molar-refractivity contribution in [3.63, 3.8) is 0 Å². The second-order valence-electron chi connectivity index (χ2n) is 10.2. The van der Waals surface area contributed by atoms with E-state index in [9.17, 15) is 31.5 Å². The predicted octanol–water partition coefficient (Wildman–Crippen LogP) is 4.20. The highest BCUT2D eigenvalue weighted by Crippen LogP contribution is 2.38. The van der Waals surface area contributed by atoms with E-state index in [-0.39, 0.29) is 47.6 Å². The fourth-order valence-corrected chi connectivity index (χ4v) is 5.74. The van der Waals surface area contributed by atoms with Crippen molar-refractivity contribution in [1.29, 1.82) is 0 Å². The number of aromatic amines is 1. The summed E-state index contributed by atoms with van der Waals surface area (Å²) in [6.07, 6.45) is -2.47. The number of halogens is 5. The molecule has 0 saturated carbocycles. The Morgan fingerprint density at radius 1 is 1.00 bits per heavy atom. The first-order chi connectivity index (χ1) is 18.6. The highest BCUT2D eigenvalue weighted by Gasteiger charge is 2.37. The highest BCUT2D eigenvalue weighted by molar-refractivity contribution is 5.77. The topological polar surface area (TPSA) is 96.8 Å². The van der Waals surface area contributed by atoms with Crippen LogP contribution >= 0.6 is 0 Å². The monoisotopic (exact) mass is 550 g/mol. The maximum absolute atomic E-state index is 14.6. The van der Waals surface area contributed by atoms with Crippen molar-refractivity contribution in [1.82, 2.24) is 29.9 Å². The van der Waals surface area contributed by atoms with Crippen LogP contribution in [0.25, 0.3) is 0 Å². The first kappa shape index (κ1) is 26.9. The molecule has 1 aromatic carbocycles. The third-order valence-electron chi connectivity index (χ3n) is 7.73. The SMILES string of the molecule is O=C(C[C@@H]1CC[C@H](c2cccc(F)c2F)Cn2c(CC(F)(F)F)nnc21)N1CCC(c2ccn[nH]c2=O)CC1. The zero-order chi connectivity index (χ0) is 27.7. The Morgan fingerprint density at radius 2 is 1.77 bits per heavy atom. The summed E-state index contributed by atoms with van der Waals surface area (Å²) in [5.74, 6) is -3.45. The summed E-state index contributed by atoms with van der Waals surface area (Å²) in [5, 5.41) is 14.0. The van der Waals surface area contributed by atoms with Crippen molar-refractivity contribution in [2.45, 2.75) is 69.0 Å². The van der Waals surface area contributed by atoms with Crippen molar-refractivity contribution in [3.8, 4) is 0 Å². The van der Waals surface area contributed by atoms with Crippen LogP contribution in [0.1, 0.15) is 72.6 Å². The van der Waals surface area contributed by atoms with Crippen molar-refractivity contribution < 1.29 is 26.7 Å². The van der Waals surface area contributed by atoms with E-state index in [1.54, 1.807) is 11.0 Å². The van der Waals surface area contributed by atoms with E-state index in [1.165, 1.54) is 22.9 Å². The molecular weight excluding hydrogens is 523 g/mol. The number of fused-ring (bicyclic) bond motifs is 1. The van der Waals surface area contributed by atoms with Crippen LogP contribution in [-0.4, -0.2) is 55.0 Å². The molecule has 1 amide bonds. The molecule has 13 heteroatoms. The molecule has 1 fully saturated rings. The number of likely N-dealkylation sites (tertiary alicyclic amines) is 1. The normalized spacial score (nSPS) is 20.5. The van der Waals surface area contributed by atoms with Crippen molar-refractivity contribution in [2.24, 2.45) is 0 Å². The number of alkyl halides is 3. The van der Waals surface area contributed by atoms with Gasteiger partial charge in [0.2, 0.25) is 5.91 Å². The first-order valence-corrected chi connectivity index (χ1v) is 12.8. The number of nitrogens with zero attached hydrogens (tertiary/aromatic N) is 5. The van der Waals surface area contributed by atoms with E-state index in [1.807, 2.05) is 0 Å². The highest BCUT2D eigenvalue weighted by atomic mass is 19.4. The molecule has 0 aliphatic carbocycles. The molecule has 0 radical (unpaired) electrons. The van der Waals surface area contributed by atoms with Crippen LogP contribution in [0, 0.1) is 11.6 Å². The van der Waals surface area contributed by atoms with Gasteiger partial charge in [0, 0.05) is 49.7 Å². The summed E-state index contributed by atoms with van der Waals surface area (Å²) in [7, 11) is 0. The van der Waals surface area contributed by atoms with E-state index in [0.717, 1.165) is 6.07 Å². The molecule has 39 heavy (non-hydrogen) atoms. The van der Waals surface area contributed by atoms with Gasteiger partial charge in [0.25, 0.3) is 5.56 Å². The molecule has 2 atom stereocenters. The van der Waals surface area contributed by atoms with Gasteiger partial charge in [-0.05, 0) is 49.3 Å². The van der Waals surface area contributed by atoms with E-state index < -0.39 is 36.1 Å². The number of rotatable bonds is 5. The number of aromatic nitrogens is 5. The molecule has 2 aromatic heterocycles. The fourth-order valence-electron chi connectivity index (χ4n) is 5.74. The number of carbonyl (C=O) groups is 1. The molecule has 1 saturated heterocycles. The maximum Gasteiger partial charge on any atom is 0.396 e. The second kappa shape index (κ2) is 10.9. The van der Waals surface area contributed by atoms with Crippen molar-refractivity contribution >= 4 is 5.91 Å². The molecule has 4 heterocycles. The molecule has 8 nitrogen and oxygen atoms in total. The Hall–Kier alpha value is -3.64. The number of piperidine rings is 1. The van der Waals surface area contributed by atoms with Gasteiger partial charge in [-0.3, -0.25) is 9.59 Å². The van der Waals surface area contributed by atoms with E-state index >= 15 is 0 Å². The van der Waals surface area contributed by atoms with Gasteiger partial charge in [-0.25, -0.2) is 13.9 Å². The van der Waals surface area contributed by atoms with Crippen LogP contribution in [0.15, 0.2) is 35.3 Å². The summed E-state index contributed by atoms with van der Waals surface area (Å²) >= 11 is 0. The smallest absolute Gasteiger partial charge is 0.343 e. The number of benzene rings is 1. The zero-order valence-electron chi connectivity index (χ0n) is 20.9. The lowest BCUT2D eigenvalue weighted by atomic mass is 9.88. The van der Waals surface area contributed by atoms with Crippen LogP contribution in [0.2, 0.25) is 0 Å². The number of amides is 1. The third-order valence-corrected chi connectivity index (χ3v) is 7.73. The van der Waals surface area contributed by atoms with Gasteiger partial charge in [-0.1, -0.05) is 12.1 Å². The molecule has 208 valence electrons. The van der Waals surface area contributed by atoms with Gasteiger partial charge in [0.05, 0.1) is 0 Å². The van der Waals surface area contributed by atoms with Crippen LogP contribution in [0.5, 0.6) is 0 Å². The van der Waals surface area contributed by atoms with Gasteiger partial charge in [0.1, 0.15) is 18.1 Å². The van der Waals surface area contributed by atoms with Crippen molar-refractivity contribution in [3.05, 3.63) is 75.2 Å². The minimum absolute atomic E-state index is 0.00299. The lowest BCUT2D eigenvalue weighted by molar-refractivity contribution is -0.133. The third kappa shape index (κ3) is 5.86. The lowest BCUT2D eigenvalue weighted by Gasteiger charge is -2.32. The van der Waals surface area contributed by atoms with Crippen LogP contribution in [-0.2, 0) is 17.8 Å². The number of carbonyl (C=O) groups excluding carboxylic acids is 1. The number of nitrogens with one attached hydrogen (secondary N) is 1. The standard InChI is InChI=1S/C26H27F5N6O2/c27-20-3-1-2-18(23(20)28)17-5-4-16(24-34-33-21(37(24)14-17)13-26(29,30)31)12-22(38)36-10-7-15(8-11-36)19-6-9-32-35-25(19)39/h1-3,6,9,15-17H,4-5,7-8,10-14H2,(H,35,39)/t16-,17-/m0/s1. The molecule has 5 rings (SSSR count).